The number of likely N-dealkylation sites (N-methyl/N-ethyl adjacent to an activating group) is 1. The van der Waals surface area contributed by atoms with Gasteiger partial charge in [0.2, 0.25) is 0 Å². The first-order valence-corrected chi connectivity index (χ1v) is 7.80. The highest BCUT2D eigenvalue weighted by atomic mass is 32.2. The van der Waals surface area contributed by atoms with E-state index in [1.54, 1.807) is 29.3 Å². The van der Waals surface area contributed by atoms with E-state index >= 15 is 0 Å². The van der Waals surface area contributed by atoms with Gasteiger partial charge in [-0.3, -0.25) is 4.79 Å². The average molecular weight is 265 g/mol. The molecule has 0 bridgehead atoms. The van der Waals surface area contributed by atoms with Crippen molar-refractivity contribution in [2.75, 3.05) is 7.05 Å². The molecule has 0 aromatic carbocycles. The molecule has 4 heteroatoms. The number of thiophene rings is 1. The zero-order valence-electron chi connectivity index (χ0n) is 9.84. The molecule has 0 radical (unpaired) electrons. The van der Waals surface area contributed by atoms with Crippen LogP contribution in [0.15, 0.2) is 4.91 Å². The lowest BCUT2D eigenvalue weighted by Gasteiger charge is -2.15. The van der Waals surface area contributed by atoms with Crippen molar-refractivity contribution in [3.63, 3.8) is 0 Å². The van der Waals surface area contributed by atoms with Crippen molar-refractivity contribution in [2.24, 2.45) is 0 Å². The van der Waals surface area contributed by atoms with Gasteiger partial charge in [-0.15, -0.1) is 23.1 Å². The number of aryl methyl sites for hydroxylation is 1. The van der Waals surface area contributed by atoms with E-state index in [0.717, 1.165) is 10.7 Å². The number of rotatable bonds is 1. The Hall–Kier alpha value is -0.740. The van der Waals surface area contributed by atoms with Crippen LogP contribution in [-0.4, -0.2) is 13.0 Å². The number of nitrogens with one attached hydrogen (secondary N) is 1. The molecule has 1 aromatic rings. The lowest BCUT2D eigenvalue weighted by molar-refractivity contribution is -0.116. The van der Waals surface area contributed by atoms with Crippen LogP contribution in [0.4, 0.5) is 0 Å². The summed E-state index contributed by atoms with van der Waals surface area (Å²) in [5.74, 6) is 1.02. The SMILES string of the molecule is CNC(=O)C1=Cc2sc3c(c2CS1)CCCC3. The van der Waals surface area contributed by atoms with Gasteiger partial charge < -0.3 is 5.32 Å². The maximum absolute atomic E-state index is 11.6. The second-order valence-electron chi connectivity index (χ2n) is 4.43. The molecule has 1 aromatic heterocycles. The van der Waals surface area contributed by atoms with Crippen molar-refractivity contribution in [3.8, 4) is 0 Å². The number of amides is 1. The first kappa shape index (κ1) is 11.4. The summed E-state index contributed by atoms with van der Waals surface area (Å²) < 4.78 is 0. The summed E-state index contributed by atoms with van der Waals surface area (Å²) in [6.45, 7) is 0. The lowest BCUT2D eigenvalue weighted by Crippen LogP contribution is -2.19. The van der Waals surface area contributed by atoms with E-state index in [0.29, 0.717) is 0 Å². The highest BCUT2D eigenvalue weighted by Crippen LogP contribution is 2.42. The van der Waals surface area contributed by atoms with Crippen LogP contribution in [0, 0.1) is 0 Å². The summed E-state index contributed by atoms with van der Waals surface area (Å²) in [4.78, 5) is 15.4. The molecule has 1 aliphatic heterocycles. The zero-order chi connectivity index (χ0) is 11.8. The van der Waals surface area contributed by atoms with Gasteiger partial charge in [-0.25, -0.2) is 0 Å². The first-order chi connectivity index (χ1) is 8.29. The molecule has 2 heterocycles. The molecule has 0 spiro atoms. The number of hydrogen-bond donors (Lipinski definition) is 1. The fourth-order valence-corrected chi connectivity index (χ4v) is 5.08. The Morgan fingerprint density at radius 3 is 2.94 bits per heavy atom. The second kappa shape index (κ2) is 4.50. The van der Waals surface area contributed by atoms with E-state index in [-0.39, 0.29) is 5.91 Å². The summed E-state index contributed by atoms with van der Waals surface area (Å²) in [7, 11) is 1.69. The van der Waals surface area contributed by atoms with E-state index in [9.17, 15) is 4.79 Å². The molecule has 0 saturated heterocycles. The topological polar surface area (TPSA) is 29.1 Å². The van der Waals surface area contributed by atoms with Crippen LogP contribution in [0.1, 0.15) is 33.7 Å². The van der Waals surface area contributed by atoms with E-state index in [4.69, 9.17) is 0 Å². The summed E-state index contributed by atoms with van der Waals surface area (Å²) in [5, 5.41) is 2.70. The van der Waals surface area contributed by atoms with Gasteiger partial charge in [0.25, 0.3) is 5.91 Å². The highest BCUT2D eigenvalue weighted by Gasteiger charge is 2.24. The number of carbonyl (C=O) groups is 1. The molecular formula is C13H15NOS2. The van der Waals surface area contributed by atoms with E-state index < -0.39 is 0 Å². The molecule has 1 amide bonds. The fraction of sp³-hybridized carbons (Fsp3) is 0.462. The van der Waals surface area contributed by atoms with Gasteiger partial charge in [0.15, 0.2) is 0 Å². The Balaban J connectivity index is 2.00. The minimum Gasteiger partial charge on any atom is -0.355 e. The molecule has 17 heavy (non-hydrogen) atoms. The van der Waals surface area contributed by atoms with Crippen LogP contribution >= 0.6 is 23.1 Å². The maximum atomic E-state index is 11.6. The number of thioether (sulfide) groups is 1. The van der Waals surface area contributed by atoms with Gasteiger partial charge in [0.05, 0.1) is 4.91 Å². The van der Waals surface area contributed by atoms with Crippen LogP contribution in [0.25, 0.3) is 6.08 Å². The highest BCUT2D eigenvalue weighted by molar-refractivity contribution is 8.03. The molecule has 1 N–H and O–H groups in total. The van der Waals surface area contributed by atoms with Gasteiger partial charge in [0.1, 0.15) is 0 Å². The van der Waals surface area contributed by atoms with Crippen LogP contribution in [-0.2, 0) is 23.4 Å². The van der Waals surface area contributed by atoms with Gasteiger partial charge in [-0.2, -0.15) is 0 Å². The van der Waals surface area contributed by atoms with Gasteiger partial charge >= 0.3 is 0 Å². The predicted molar refractivity (Wildman–Crippen MR) is 74.3 cm³/mol. The van der Waals surface area contributed by atoms with Gasteiger partial charge in [-0.1, -0.05) is 0 Å². The molecule has 90 valence electrons. The second-order valence-corrected chi connectivity index (χ2v) is 6.58. The van der Waals surface area contributed by atoms with Crippen molar-refractivity contribution in [3.05, 3.63) is 25.8 Å². The normalized spacial score (nSPS) is 18.1. The standard InChI is InChI=1S/C13H15NOS2/c1-14-13(15)12-6-11-9(7-16-12)8-4-2-3-5-10(8)17-11/h6H,2-5,7H2,1H3,(H,14,15). The number of fused-ring (bicyclic) bond motifs is 3. The van der Waals surface area contributed by atoms with Crippen LogP contribution < -0.4 is 5.32 Å². The molecule has 0 saturated carbocycles. The summed E-state index contributed by atoms with van der Waals surface area (Å²) in [6.07, 6.45) is 7.20. The van der Waals surface area contributed by atoms with E-state index in [2.05, 4.69) is 11.4 Å². The van der Waals surface area contributed by atoms with E-state index in [1.165, 1.54) is 36.1 Å². The third-order valence-corrected chi connectivity index (χ3v) is 5.73. The third-order valence-electron chi connectivity index (χ3n) is 3.40. The molecule has 0 unspecified atom stereocenters. The molecule has 2 aliphatic rings. The Labute approximate surface area is 109 Å². The Kier molecular flexibility index (Phi) is 3.01. The largest absolute Gasteiger partial charge is 0.355 e. The molecular weight excluding hydrogens is 250 g/mol. The molecule has 3 rings (SSSR count). The smallest absolute Gasteiger partial charge is 0.257 e. The third kappa shape index (κ3) is 1.93. The monoisotopic (exact) mass is 265 g/mol. The fourth-order valence-electron chi connectivity index (χ4n) is 2.49. The minimum absolute atomic E-state index is 0.0482. The Morgan fingerprint density at radius 1 is 1.29 bits per heavy atom. The van der Waals surface area contributed by atoms with Gasteiger partial charge in [-0.05, 0) is 42.9 Å². The zero-order valence-corrected chi connectivity index (χ0v) is 11.5. The number of carbonyl (C=O) groups excluding carboxylic acids is 1. The van der Waals surface area contributed by atoms with E-state index in [1.807, 2.05) is 11.3 Å². The minimum atomic E-state index is 0.0482. The van der Waals surface area contributed by atoms with Crippen molar-refractivity contribution < 1.29 is 4.79 Å². The van der Waals surface area contributed by atoms with Crippen LogP contribution in [0.5, 0.6) is 0 Å². The first-order valence-electron chi connectivity index (χ1n) is 5.99. The molecule has 0 atom stereocenters. The van der Waals surface area contributed by atoms with Crippen LogP contribution in [0.2, 0.25) is 0 Å². The van der Waals surface area contributed by atoms with Crippen molar-refractivity contribution in [1.29, 1.82) is 0 Å². The average Bonchev–Trinajstić information content (AvgIpc) is 2.75. The van der Waals surface area contributed by atoms with Gasteiger partial charge in [0, 0.05) is 22.6 Å². The molecule has 1 aliphatic carbocycles. The van der Waals surface area contributed by atoms with Crippen molar-refractivity contribution in [2.45, 2.75) is 31.4 Å². The maximum Gasteiger partial charge on any atom is 0.257 e. The van der Waals surface area contributed by atoms with Crippen molar-refractivity contribution in [1.82, 2.24) is 5.32 Å². The summed E-state index contributed by atoms with van der Waals surface area (Å²) in [6, 6.07) is 0. The Morgan fingerprint density at radius 2 is 2.12 bits per heavy atom. The Bertz CT molecular complexity index is 502. The van der Waals surface area contributed by atoms with Crippen molar-refractivity contribution >= 4 is 35.1 Å². The number of hydrogen-bond acceptors (Lipinski definition) is 3. The molecule has 2 nitrogen and oxygen atoms in total. The summed E-state index contributed by atoms with van der Waals surface area (Å²) >= 11 is 3.57. The molecule has 0 fully saturated rings. The predicted octanol–water partition coefficient (Wildman–Crippen LogP) is 2.96. The summed E-state index contributed by atoms with van der Waals surface area (Å²) in [5.41, 5.74) is 3.10. The quantitative estimate of drug-likeness (QED) is 0.846. The lowest BCUT2D eigenvalue weighted by atomic mass is 9.95. The van der Waals surface area contributed by atoms with Crippen LogP contribution in [0.3, 0.4) is 0 Å².